The molecule has 1 fully saturated rings. The Morgan fingerprint density at radius 2 is 2.04 bits per heavy atom. The highest BCUT2D eigenvalue weighted by molar-refractivity contribution is 6.33. The molecule has 0 aliphatic heterocycles. The van der Waals surface area contributed by atoms with Gasteiger partial charge in [-0.3, -0.25) is 9.78 Å². The van der Waals surface area contributed by atoms with Gasteiger partial charge in [0.2, 0.25) is 0 Å². The third kappa shape index (κ3) is 4.16. The van der Waals surface area contributed by atoms with Crippen LogP contribution in [-0.4, -0.2) is 32.0 Å². The molecule has 1 atom stereocenters. The fourth-order valence-corrected chi connectivity index (χ4v) is 3.58. The first-order chi connectivity index (χ1) is 12.5. The summed E-state index contributed by atoms with van der Waals surface area (Å²) in [5, 5.41) is 17.4. The van der Waals surface area contributed by atoms with E-state index in [9.17, 15) is 14.7 Å². The van der Waals surface area contributed by atoms with Crippen molar-refractivity contribution in [1.82, 2.24) is 20.1 Å². The zero-order chi connectivity index (χ0) is 18.7. The minimum atomic E-state index is -0.907. The van der Waals surface area contributed by atoms with Crippen molar-refractivity contribution in [2.75, 3.05) is 0 Å². The van der Waals surface area contributed by atoms with Crippen LogP contribution in [0, 0.1) is 12.8 Å². The number of hydrogen-bond acceptors (Lipinski definition) is 4. The van der Waals surface area contributed by atoms with Crippen molar-refractivity contribution in [2.45, 2.75) is 51.7 Å². The molecule has 2 aromatic rings. The fraction of sp³-hybridized carbons (Fsp3) is 0.500. The van der Waals surface area contributed by atoms with E-state index in [1.807, 2.05) is 0 Å². The number of nitrogens with zero attached hydrogens (tertiary/aromatic N) is 2. The van der Waals surface area contributed by atoms with Crippen molar-refractivity contribution >= 4 is 17.5 Å². The molecule has 7 nitrogen and oxygen atoms in total. The van der Waals surface area contributed by atoms with Gasteiger partial charge in [0, 0.05) is 5.92 Å². The van der Waals surface area contributed by atoms with Gasteiger partial charge in [0.05, 0.1) is 16.3 Å². The lowest BCUT2D eigenvalue weighted by Gasteiger charge is -2.22. The van der Waals surface area contributed by atoms with E-state index in [0.717, 1.165) is 25.7 Å². The van der Waals surface area contributed by atoms with Crippen molar-refractivity contribution in [2.24, 2.45) is 5.92 Å². The Bertz CT molecular complexity index is 837. The van der Waals surface area contributed by atoms with E-state index in [-0.39, 0.29) is 16.5 Å². The van der Waals surface area contributed by atoms with Gasteiger partial charge < -0.3 is 10.4 Å². The van der Waals surface area contributed by atoms with E-state index in [2.05, 4.69) is 15.4 Å². The maximum absolute atomic E-state index is 12.6. The molecule has 0 spiro atoms. The van der Waals surface area contributed by atoms with Gasteiger partial charge in [0.1, 0.15) is 12.1 Å². The van der Waals surface area contributed by atoms with Crippen LogP contribution in [0.4, 0.5) is 0 Å². The molecular weight excluding hydrogens is 356 g/mol. The number of aromatic amines is 1. The van der Waals surface area contributed by atoms with E-state index in [1.165, 1.54) is 23.6 Å². The van der Waals surface area contributed by atoms with Crippen molar-refractivity contribution in [3.05, 3.63) is 45.1 Å². The van der Waals surface area contributed by atoms with E-state index in [4.69, 9.17) is 11.6 Å². The summed E-state index contributed by atoms with van der Waals surface area (Å²) in [7, 11) is 0. The van der Waals surface area contributed by atoms with Gasteiger partial charge in [-0.15, -0.1) is 0 Å². The van der Waals surface area contributed by atoms with Crippen molar-refractivity contribution in [1.29, 1.82) is 0 Å². The number of aliphatic hydroxyl groups excluding tert-OH is 1. The number of aliphatic hydroxyl groups is 1. The Morgan fingerprint density at radius 3 is 2.65 bits per heavy atom. The number of rotatable bonds is 4. The summed E-state index contributed by atoms with van der Waals surface area (Å²) in [6, 6.07) is 4.65. The van der Waals surface area contributed by atoms with Crippen molar-refractivity contribution in [3.63, 3.8) is 0 Å². The Kier molecular flexibility index (Phi) is 5.78. The second-order valence-electron chi connectivity index (χ2n) is 6.76. The van der Waals surface area contributed by atoms with Crippen LogP contribution in [-0.2, 0) is 0 Å². The average Bonchev–Trinajstić information content (AvgIpc) is 2.80. The Labute approximate surface area is 156 Å². The molecule has 26 heavy (non-hydrogen) atoms. The Morgan fingerprint density at radius 1 is 1.35 bits per heavy atom. The van der Waals surface area contributed by atoms with Gasteiger partial charge in [-0.25, -0.2) is 4.79 Å². The van der Waals surface area contributed by atoms with Gasteiger partial charge in [-0.2, -0.15) is 9.78 Å². The molecule has 0 bridgehead atoms. The molecule has 0 radical (unpaired) electrons. The van der Waals surface area contributed by atoms with Gasteiger partial charge in [-0.1, -0.05) is 37.3 Å². The van der Waals surface area contributed by atoms with Gasteiger partial charge in [0.15, 0.2) is 0 Å². The number of aryl methyl sites for hydroxylation is 1. The normalized spacial score (nSPS) is 16.9. The first-order valence-electron chi connectivity index (χ1n) is 8.90. The summed E-state index contributed by atoms with van der Waals surface area (Å²) in [5.74, 6) is 0.0636. The second-order valence-corrected chi connectivity index (χ2v) is 7.17. The molecular formula is C18H23ClN4O3. The average molecular weight is 379 g/mol. The number of benzene rings is 1. The number of H-pyrrole nitrogens is 1. The summed E-state index contributed by atoms with van der Waals surface area (Å²) in [6.45, 7) is 1.67. The van der Waals surface area contributed by atoms with Crippen molar-refractivity contribution < 1.29 is 9.90 Å². The number of carbonyl (C=O) groups excluding carboxylic acids is 1. The Hall–Kier alpha value is -2.12. The Balaban J connectivity index is 1.79. The van der Waals surface area contributed by atoms with Crippen LogP contribution in [0.15, 0.2) is 23.0 Å². The highest BCUT2D eigenvalue weighted by Gasteiger charge is 2.24. The number of nitrogens with one attached hydrogen (secondary N) is 2. The lowest BCUT2D eigenvalue weighted by atomic mass is 9.98. The number of hydrogen-bond donors (Lipinski definition) is 3. The third-order valence-corrected chi connectivity index (χ3v) is 5.12. The van der Waals surface area contributed by atoms with Crippen molar-refractivity contribution in [3.8, 4) is 5.69 Å². The second kappa shape index (κ2) is 8.05. The highest BCUT2D eigenvalue weighted by Crippen LogP contribution is 2.25. The van der Waals surface area contributed by atoms with Gasteiger partial charge >= 0.3 is 5.69 Å². The van der Waals surface area contributed by atoms with Gasteiger partial charge in [0.25, 0.3) is 5.91 Å². The lowest BCUT2D eigenvalue weighted by molar-refractivity contribution is 0.0532. The van der Waals surface area contributed by atoms with Crippen LogP contribution >= 0.6 is 11.6 Å². The smallest absolute Gasteiger partial charge is 0.348 e. The first-order valence-corrected chi connectivity index (χ1v) is 9.28. The molecule has 1 aromatic carbocycles. The van der Waals surface area contributed by atoms with E-state index >= 15 is 0 Å². The predicted molar refractivity (Wildman–Crippen MR) is 98.6 cm³/mol. The van der Waals surface area contributed by atoms with Crippen LogP contribution < -0.4 is 11.0 Å². The zero-order valence-corrected chi connectivity index (χ0v) is 15.4. The number of carbonyl (C=O) groups is 1. The molecule has 1 heterocycles. The predicted octanol–water partition coefficient (Wildman–Crippen LogP) is 2.54. The SMILES string of the molecule is Cc1nn(-c2ccc(Cl)c(C(=O)NC(O)C3CCCCCC3)c2)c(=O)[nH]1. The highest BCUT2D eigenvalue weighted by atomic mass is 35.5. The van der Waals surface area contributed by atoms with Gasteiger partial charge in [-0.05, 0) is 38.0 Å². The molecule has 1 amide bonds. The monoisotopic (exact) mass is 378 g/mol. The van der Waals surface area contributed by atoms with E-state index in [1.54, 1.807) is 19.1 Å². The maximum Gasteiger partial charge on any atom is 0.348 e. The topological polar surface area (TPSA) is 100 Å². The summed E-state index contributed by atoms with van der Waals surface area (Å²) < 4.78 is 1.17. The molecule has 3 N–H and O–H groups in total. The number of aromatic nitrogens is 3. The molecule has 8 heteroatoms. The standard InChI is InChI=1S/C18H23ClN4O3/c1-11-20-18(26)23(22-11)13-8-9-15(19)14(10-13)17(25)21-16(24)12-6-4-2-3-5-7-12/h8-10,12,16,24H,2-7H2,1H3,(H,21,25)(H,20,22,26). The van der Waals surface area contributed by atoms with Crippen LogP contribution in [0.5, 0.6) is 0 Å². The summed E-state index contributed by atoms with van der Waals surface area (Å²) in [5.41, 5.74) is 0.233. The number of amides is 1. The van der Waals surface area contributed by atoms with Crippen LogP contribution in [0.2, 0.25) is 5.02 Å². The summed E-state index contributed by atoms with van der Waals surface area (Å²) in [6.07, 6.45) is 5.36. The molecule has 1 aliphatic rings. The molecule has 1 aliphatic carbocycles. The van der Waals surface area contributed by atoms with Crippen LogP contribution in [0.1, 0.15) is 54.7 Å². The molecule has 1 saturated carbocycles. The number of halogens is 1. The minimum Gasteiger partial charge on any atom is -0.373 e. The molecule has 1 aromatic heterocycles. The van der Waals surface area contributed by atoms with Crippen LogP contribution in [0.3, 0.4) is 0 Å². The minimum absolute atomic E-state index is 0.0556. The third-order valence-electron chi connectivity index (χ3n) is 4.79. The fourth-order valence-electron chi connectivity index (χ4n) is 3.38. The molecule has 3 rings (SSSR count). The summed E-state index contributed by atoms with van der Waals surface area (Å²) in [4.78, 5) is 27.1. The van der Waals surface area contributed by atoms with Crippen LogP contribution in [0.25, 0.3) is 5.69 Å². The van der Waals surface area contributed by atoms with E-state index < -0.39 is 17.8 Å². The molecule has 1 unspecified atom stereocenters. The zero-order valence-electron chi connectivity index (χ0n) is 14.7. The maximum atomic E-state index is 12.6. The quantitative estimate of drug-likeness (QED) is 0.562. The van der Waals surface area contributed by atoms with E-state index in [0.29, 0.717) is 11.5 Å². The molecule has 140 valence electrons. The lowest BCUT2D eigenvalue weighted by Crippen LogP contribution is -2.40. The first kappa shape index (κ1) is 18.7. The largest absolute Gasteiger partial charge is 0.373 e. The molecule has 0 saturated heterocycles. The summed E-state index contributed by atoms with van der Waals surface area (Å²) >= 11 is 6.16.